The predicted molar refractivity (Wildman–Crippen MR) is 244 cm³/mol. The quantitative estimate of drug-likeness (QED) is 0.0314. The van der Waals surface area contributed by atoms with E-state index in [1.807, 2.05) is 113 Å². The topological polar surface area (TPSA) is 108 Å². The number of carbonyl (C=O) groups is 2. The summed E-state index contributed by atoms with van der Waals surface area (Å²) < 4.78 is 9.62. The summed E-state index contributed by atoms with van der Waals surface area (Å²) in [5.41, 5.74) is 8.01. The molecule has 0 aliphatic rings. The standard InChI is InChI=1S/C53H47N7O3/c1-3-20-49-54-48(4-2)50(52(62)63-36-19-35-58(39-61)37-40-21-9-5-10-22-40)59(49)38-41-31-33-42(34-32-41)46-29-17-18-30-47(46)51-55-56-57-60(51)53(43-23-11-6-12-24-43,44-25-13-7-14-26-44)45-27-15-8-16-28-45/h5-18,21-34,39H,3-4,20,36-38H2,1-2H3. The van der Waals surface area contributed by atoms with E-state index in [1.165, 1.54) is 4.90 Å². The molecule has 0 radical (unpaired) electrons. The fraction of sp³-hybridized carbons (Fsp3) is 0.170. The van der Waals surface area contributed by atoms with Gasteiger partial charge in [-0.25, -0.2) is 14.5 Å². The number of aromatic nitrogens is 6. The summed E-state index contributed by atoms with van der Waals surface area (Å²) in [6.45, 7) is 4.66. The predicted octanol–water partition coefficient (Wildman–Crippen LogP) is 9.38. The molecule has 10 nitrogen and oxygen atoms in total. The van der Waals surface area contributed by atoms with Gasteiger partial charge >= 0.3 is 5.97 Å². The molecule has 0 bridgehead atoms. The van der Waals surface area contributed by atoms with Crippen molar-refractivity contribution in [3.63, 3.8) is 0 Å². The van der Waals surface area contributed by atoms with Crippen LogP contribution in [0.3, 0.4) is 0 Å². The molecule has 10 heteroatoms. The number of hydrogen-bond donors (Lipinski definition) is 0. The van der Waals surface area contributed by atoms with Gasteiger partial charge in [-0.2, -0.15) is 0 Å². The Kier molecular flexibility index (Phi) is 13.0. The monoisotopic (exact) mass is 829 g/mol. The van der Waals surface area contributed by atoms with Crippen LogP contribution in [-0.4, -0.2) is 53.6 Å². The van der Waals surface area contributed by atoms with Crippen molar-refractivity contribution in [2.75, 3.05) is 6.61 Å². The molecule has 0 aliphatic carbocycles. The van der Waals surface area contributed by atoms with Crippen LogP contribution in [-0.2, 0) is 41.0 Å². The number of rotatable bonds is 16. The van der Waals surface area contributed by atoms with Crippen molar-refractivity contribution in [1.82, 2.24) is 34.7 Å². The van der Waals surface area contributed by atoms with Crippen molar-refractivity contribution < 1.29 is 14.3 Å². The number of nitrogens with zero attached hydrogens (tertiary/aromatic N) is 7. The van der Waals surface area contributed by atoms with Gasteiger partial charge in [0, 0.05) is 24.6 Å². The summed E-state index contributed by atoms with van der Waals surface area (Å²) >= 11 is 0. The summed E-state index contributed by atoms with van der Waals surface area (Å²) in [5, 5.41) is 13.8. The fourth-order valence-corrected chi connectivity index (χ4v) is 8.19. The van der Waals surface area contributed by atoms with Crippen molar-refractivity contribution in [3.8, 4) is 34.5 Å². The van der Waals surface area contributed by atoms with Crippen LogP contribution in [0, 0.1) is 12.0 Å². The molecule has 0 saturated heterocycles. The molecule has 0 saturated carbocycles. The van der Waals surface area contributed by atoms with E-state index in [1.54, 1.807) is 0 Å². The molecule has 0 unspecified atom stereocenters. The molecule has 0 fully saturated rings. The van der Waals surface area contributed by atoms with Crippen molar-refractivity contribution in [1.29, 1.82) is 0 Å². The number of ether oxygens (including phenoxy) is 1. The van der Waals surface area contributed by atoms with Crippen LogP contribution >= 0.6 is 0 Å². The van der Waals surface area contributed by atoms with E-state index in [0.717, 1.165) is 56.8 Å². The Morgan fingerprint density at radius 3 is 1.86 bits per heavy atom. The molecule has 8 aromatic rings. The second-order valence-electron chi connectivity index (χ2n) is 15.1. The van der Waals surface area contributed by atoms with E-state index in [-0.39, 0.29) is 6.61 Å². The average Bonchev–Trinajstić information content (AvgIpc) is 3.97. The lowest BCUT2D eigenvalue weighted by Gasteiger charge is -2.36. The minimum absolute atomic E-state index is 0.171. The summed E-state index contributed by atoms with van der Waals surface area (Å²) in [6, 6.07) is 60.0. The first kappa shape index (κ1) is 41.8. The molecule has 0 atom stereocenters. The summed E-state index contributed by atoms with van der Waals surface area (Å²) in [4.78, 5) is 31.7. The molecule has 63 heavy (non-hydrogen) atoms. The van der Waals surface area contributed by atoms with Gasteiger partial charge in [0.25, 0.3) is 0 Å². The molecule has 0 spiro atoms. The van der Waals surface area contributed by atoms with E-state index >= 15 is 0 Å². The smallest absolute Gasteiger partial charge is 0.357 e. The van der Waals surface area contributed by atoms with E-state index in [0.29, 0.717) is 49.6 Å². The van der Waals surface area contributed by atoms with Gasteiger partial charge in [-0.05, 0) is 68.1 Å². The zero-order valence-electron chi connectivity index (χ0n) is 35.3. The maximum atomic E-state index is 13.8. The Morgan fingerprint density at radius 2 is 1.29 bits per heavy atom. The second-order valence-corrected chi connectivity index (χ2v) is 15.1. The van der Waals surface area contributed by atoms with E-state index < -0.39 is 11.5 Å². The molecule has 0 aliphatic heterocycles. The molecule has 0 N–H and O–H groups in total. The number of tetrazole rings is 1. The number of amides is 1. The molecule has 2 heterocycles. The van der Waals surface area contributed by atoms with Gasteiger partial charge in [-0.15, -0.1) is 5.10 Å². The van der Waals surface area contributed by atoms with Gasteiger partial charge in [0.1, 0.15) is 11.4 Å². The fourth-order valence-electron chi connectivity index (χ4n) is 8.19. The van der Waals surface area contributed by atoms with Crippen molar-refractivity contribution in [2.45, 2.75) is 51.7 Å². The highest BCUT2D eigenvalue weighted by molar-refractivity contribution is 5.89. The zero-order valence-corrected chi connectivity index (χ0v) is 35.3. The second kappa shape index (κ2) is 19.7. The SMILES string of the molecule is CCCc1nc(CC)c(C(=O)OCC#CN(C=O)Cc2ccccc2)n1Cc1ccc(-c2ccccc2-c2nnnn2C(c2ccccc2)(c2ccccc2)c2ccccc2)cc1. The first-order valence-electron chi connectivity index (χ1n) is 21.2. The largest absolute Gasteiger partial charge is 0.448 e. The average molecular weight is 830 g/mol. The first-order chi connectivity index (χ1) is 31.0. The number of aryl methyl sites for hydroxylation is 2. The Labute approximate surface area is 367 Å². The summed E-state index contributed by atoms with van der Waals surface area (Å²) in [5.74, 6) is 3.76. The van der Waals surface area contributed by atoms with Gasteiger partial charge in [-0.1, -0.05) is 184 Å². The third-order valence-corrected chi connectivity index (χ3v) is 11.1. The van der Waals surface area contributed by atoms with Crippen molar-refractivity contribution >= 4 is 12.4 Å². The number of esters is 1. The maximum absolute atomic E-state index is 13.8. The van der Waals surface area contributed by atoms with E-state index in [2.05, 4.69) is 96.9 Å². The van der Waals surface area contributed by atoms with Crippen LogP contribution in [0.15, 0.2) is 170 Å². The van der Waals surface area contributed by atoms with Crippen LogP contribution in [0.1, 0.15) is 70.1 Å². The molecule has 312 valence electrons. The molecule has 1 amide bonds. The minimum Gasteiger partial charge on any atom is -0.448 e. The van der Waals surface area contributed by atoms with Crippen LogP contribution in [0.2, 0.25) is 0 Å². The lowest BCUT2D eigenvalue weighted by Crippen LogP contribution is -2.39. The first-order valence-corrected chi connectivity index (χ1v) is 21.2. The molecule has 2 aromatic heterocycles. The summed E-state index contributed by atoms with van der Waals surface area (Å²) in [6.07, 6.45) is 2.79. The van der Waals surface area contributed by atoms with Gasteiger partial charge in [0.05, 0.1) is 12.2 Å². The van der Waals surface area contributed by atoms with Gasteiger partial charge < -0.3 is 9.30 Å². The Bertz CT molecular complexity index is 2730. The third-order valence-electron chi connectivity index (χ3n) is 11.1. The number of imidazole rings is 1. The van der Waals surface area contributed by atoms with Gasteiger partial charge in [0.2, 0.25) is 6.41 Å². The normalized spacial score (nSPS) is 11.1. The highest BCUT2D eigenvalue weighted by Crippen LogP contribution is 2.43. The highest BCUT2D eigenvalue weighted by atomic mass is 16.5. The van der Waals surface area contributed by atoms with Crippen LogP contribution in [0.5, 0.6) is 0 Å². The minimum atomic E-state index is -0.901. The van der Waals surface area contributed by atoms with Crippen molar-refractivity contribution in [3.05, 3.63) is 215 Å². The maximum Gasteiger partial charge on any atom is 0.357 e. The Balaban J connectivity index is 1.10. The highest BCUT2D eigenvalue weighted by Gasteiger charge is 2.42. The molecular weight excluding hydrogens is 783 g/mol. The van der Waals surface area contributed by atoms with E-state index in [9.17, 15) is 9.59 Å². The number of hydrogen-bond acceptors (Lipinski definition) is 7. The number of benzene rings is 6. The Morgan fingerprint density at radius 1 is 0.714 bits per heavy atom. The van der Waals surface area contributed by atoms with Crippen LogP contribution in [0.25, 0.3) is 22.5 Å². The van der Waals surface area contributed by atoms with Crippen LogP contribution < -0.4 is 0 Å². The summed E-state index contributed by atoms with van der Waals surface area (Å²) in [7, 11) is 0. The van der Waals surface area contributed by atoms with E-state index in [4.69, 9.17) is 20.0 Å². The zero-order chi connectivity index (χ0) is 43.4. The lowest BCUT2D eigenvalue weighted by atomic mass is 9.77. The van der Waals surface area contributed by atoms with Crippen molar-refractivity contribution in [2.24, 2.45) is 0 Å². The Hall–Kier alpha value is -7.90. The third kappa shape index (κ3) is 8.81. The number of carbonyl (C=O) groups excluding carboxylic acids is 2. The van der Waals surface area contributed by atoms with Gasteiger partial charge in [-0.3, -0.25) is 9.69 Å². The lowest BCUT2D eigenvalue weighted by molar-refractivity contribution is -0.115. The molecular formula is C53H47N7O3. The van der Waals surface area contributed by atoms with Gasteiger partial charge in [0.15, 0.2) is 18.1 Å². The van der Waals surface area contributed by atoms with Crippen LogP contribution in [0.4, 0.5) is 0 Å². The molecule has 6 aromatic carbocycles. The molecule has 8 rings (SSSR count).